The summed E-state index contributed by atoms with van der Waals surface area (Å²) in [5.74, 6) is 1.06. The topological polar surface area (TPSA) is 82.1 Å². The molecule has 2 fully saturated rings. The van der Waals surface area contributed by atoms with Gasteiger partial charge in [-0.25, -0.2) is 9.97 Å². The van der Waals surface area contributed by atoms with E-state index in [1.807, 2.05) is 31.2 Å². The molecule has 0 unspecified atom stereocenters. The summed E-state index contributed by atoms with van der Waals surface area (Å²) in [4.78, 5) is 43.5. The van der Waals surface area contributed by atoms with E-state index >= 15 is 0 Å². The first-order valence-corrected chi connectivity index (χ1v) is 11.9. The Balaban J connectivity index is 1.58. The fourth-order valence-electron chi connectivity index (χ4n) is 4.61. The van der Waals surface area contributed by atoms with Gasteiger partial charge in [-0.1, -0.05) is 0 Å². The van der Waals surface area contributed by atoms with Gasteiger partial charge in [0.1, 0.15) is 17.5 Å². The zero-order chi connectivity index (χ0) is 24.2. The van der Waals surface area contributed by atoms with Crippen LogP contribution in [0.25, 0.3) is 0 Å². The quantitative estimate of drug-likeness (QED) is 0.668. The number of hydrogen-bond donors (Lipinski definition) is 0. The van der Waals surface area contributed by atoms with Crippen molar-refractivity contribution in [1.29, 1.82) is 0 Å². The zero-order valence-electron chi connectivity index (χ0n) is 20.5. The predicted octanol–water partition coefficient (Wildman–Crippen LogP) is 2.20. The number of carbonyl (C=O) groups excluding carboxylic acids is 2. The molecule has 1 aromatic heterocycles. The molecule has 0 aliphatic carbocycles. The van der Waals surface area contributed by atoms with E-state index in [1.54, 1.807) is 37.1 Å². The fourth-order valence-corrected chi connectivity index (χ4v) is 4.61. The molecule has 0 saturated carbocycles. The molecule has 0 radical (unpaired) electrons. The maximum Gasteiger partial charge on any atom is 0.273 e. The number of ether oxygens (including phenoxy) is 1. The van der Waals surface area contributed by atoms with Crippen LogP contribution < -0.4 is 14.5 Å². The molecule has 3 heterocycles. The number of carbonyl (C=O) groups is 2. The number of piperidine rings is 1. The van der Waals surface area contributed by atoms with Gasteiger partial charge in [0.05, 0.1) is 7.11 Å². The lowest BCUT2D eigenvalue weighted by atomic mass is 10.1. The maximum atomic E-state index is 13.7. The summed E-state index contributed by atoms with van der Waals surface area (Å²) in [7, 11) is 5.08. The van der Waals surface area contributed by atoms with Gasteiger partial charge in [0.2, 0.25) is 11.9 Å². The molecule has 1 aromatic carbocycles. The van der Waals surface area contributed by atoms with Crippen LogP contribution in [0.2, 0.25) is 0 Å². The molecule has 0 N–H and O–H groups in total. The Labute approximate surface area is 201 Å². The number of hydrogen-bond acceptors (Lipinski definition) is 7. The van der Waals surface area contributed by atoms with Gasteiger partial charge in [-0.05, 0) is 56.5 Å². The van der Waals surface area contributed by atoms with Gasteiger partial charge in [0.15, 0.2) is 0 Å². The third-order valence-electron chi connectivity index (χ3n) is 6.51. The van der Waals surface area contributed by atoms with Crippen molar-refractivity contribution in [3.63, 3.8) is 0 Å². The van der Waals surface area contributed by atoms with Crippen LogP contribution in [0.3, 0.4) is 0 Å². The number of amides is 2. The van der Waals surface area contributed by atoms with Gasteiger partial charge in [-0.15, -0.1) is 0 Å². The number of aryl methyl sites for hydroxylation is 1. The van der Waals surface area contributed by atoms with E-state index in [1.165, 1.54) is 6.42 Å². The van der Waals surface area contributed by atoms with Crippen LogP contribution >= 0.6 is 0 Å². The van der Waals surface area contributed by atoms with Gasteiger partial charge in [0.25, 0.3) is 5.91 Å². The molecule has 9 nitrogen and oxygen atoms in total. The third kappa shape index (κ3) is 5.08. The predicted molar refractivity (Wildman–Crippen MR) is 132 cm³/mol. The number of methoxy groups -OCH3 is 1. The van der Waals surface area contributed by atoms with Crippen molar-refractivity contribution in [2.45, 2.75) is 32.2 Å². The summed E-state index contributed by atoms with van der Waals surface area (Å²) in [6, 6.07) is 8.89. The molecule has 2 aromatic rings. The molecule has 0 bridgehead atoms. The Kier molecular flexibility index (Phi) is 7.19. The third-order valence-corrected chi connectivity index (χ3v) is 6.51. The summed E-state index contributed by atoms with van der Waals surface area (Å²) >= 11 is 0. The van der Waals surface area contributed by atoms with Crippen molar-refractivity contribution in [2.24, 2.45) is 0 Å². The maximum absolute atomic E-state index is 13.7. The average molecular weight is 467 g/mol. The highest BCUT2D eigenvalue weighted by Gasteiger charge is 2.37. The first-order chi connectivity index (χ1) is 16.4. The molecule has 4 rings (SSSR count). The summed E-state index contributed by atoms with van der Waals surface area (Å²) in [5.41, 5.74) is 2.10. The standard InChI is InChI=1S/C25H34N6O3/c1-18-16-21(27-25(26-18)29-12-6-5-7-13-29)23(32)31-15-14-30(17-22(31)24(33)28(2)3)19-8-10-20(34-4)11-9-19/h8-11,16,22H,5-7,12-15,17H2,1-4H3/t22-/m0/s1. The number of piperazine rings is 1. The van der Waals surface area contributed by atoms with Crippen LogP contribution in [-0.2, 0) is 4.79 Å². The Hall–Kier alpha value is -3.36. The molecule has 182 valence electrons. The lowest BCUT2D eigenvalue weighted by Crippen LogP contribution is -2.60. The number of nitrogens with zero attached hydrogens (tertiary/aromatic N) is 6. The van der Waals surface area contributed by atoms with Gasteiger partial charge in [-0.2, -0.15) is 0 Å². The number of aromatic nitrogens is 2. The van der Waals surface area contributed by atoms with E-state index in [0.29, 0.717) is 31.3 Å². The minimum atomic E-state index is -0.605. The molecule has 2 saturated heterocycles. The first-order valence-electron chi connectivity index (χ1n) is 11.9. The SMILES string of the molecule is COc1ccc(N2CCN(C(=O)c3cc(C)nc(N4CCCCC4)n3)[C@H](C(=O)N(C)C)C2)cc1. The number of rotatable bonds is 5. The Morgan fingerprint density at radius 2 is 1.68 bits per heavy atom. The van der Waals surface area contributed by atoms with E-state index < -0.39 is 6.04 Å². The molecular formula is C25H34N6O3. The second kappa shape index (κ2) is 10.3. The summed E-state index contributed by atoms with van der Waals surface area (Å²) < 4.78 is 5.26. The lowest BCUT2D eigenvalue weighted by molar-refractivity contribution is -0.133. The zero-order valence-corrected chi connectivity index (χ0v) is 20.5. The molecule has 9 heteroatoms. The number of anilines is 2. The molecule has 2 aliphatic rings. The van der Waals surface area contributed by atoms with E-state index in [-0.39, 0.29) is 11.8 Å². The highest BCUT2D eigenvalue weighted by molar-refractivity contribution is 5.97. The van der Waals surface area contributed by atoms with Gasteiger partial charge in [0, 0.05) is 58.2 Å². The van der Waals surface area contributed by atoms with Crippen LogP contribution in [0, 0.1) is 6.92 Å². The highest BCUT2D eigenvalue weighted by Crippen LogP contribution is 2.24. The van der Waals surface area contributed by atoms with E-state index in [0.717, 1.165) is 43.1 Å². The number of likely N-dealkylation sites (N-methyl/N-ethyl adjacent to an activating group) is 1. The van der Waals surface area contributed by atoms with E-state index in [2.05, 4.69) is 19.8 Å². The molecule has 0 spiro atoms. The van der Waals surface area contributed by atoms with Crippen molar-refractivity contribution in [2.75, 3.05) is 63.7 Å². The summed E-state index contributed by atoms with van der Waals surface area (Å²) in [6.07, 6.45) is 3.42. The van der Waals surface area contributed by atoms with Crippen LogP contribution in [-0.4, -0.2) is 91.6 Å². The molecule has 1 atom stereocenters. The molecule has 34 heavy (non-hydrogen) atoms. The summed E-state index contributed by atoms with van der Waals surface area (Å²) in [6.45, 7) is 5.16. The fraction of sp³-hybridized carbons (Fsp3) is 0.520. The van der Waals surface area contributed by atoms with Crippen molar-refractivity contribution in [1.82, 2.24) is 19.8 Å². The molecular weight excluding hydrogens is 432 g/mol. The van der Waals surface area contributed by atoms with Gasteiger partial charge < -0.3 is 24.3 Å². The highest BCUT2D eigenvalue weighted by atomic mass is 16.5. The van der Waals surface area contributed by atoms with Crippen molar-refractivity contribution >= 4 is 23.5 Å². The Morgan fingerprint density at radius 3 is 2.32 bits per heavy atom. The van der Waals surface area contributed by atoms with Crippen LogP contribution in [0.1, 0.15) is 35.4 Å². The molecule has 2 aliphatic heterocycles. The van der Waals surface area contributed by atoms with Crippen LogP contribution in [0.4, 0.5) is 11.6 Å². The average Bonchev–Trinajstić information content (AvgIpc) is 2.87. The van der Waals surface area contributed by atoms with E-state index in [9.17, 15) is 9.59 Å². The van der Waals surface area contributed by atoms with Gasteiger partial charge >= 0.3 is 0 Å². The minimum absolute atomic E-state index is 0.103. The van der Waals surface area contributed by atoms with Crippen molar-refractivity contribution in [3.8, 4) is 5.75 Å². The van der Waals surface area contributed by atoms with Crippen LogP contribution in [0.5, 0.6) is 5.75 Å². The minimum Gasteiger partial charge on any atom is -0.497 e. The Morgan fingerprint density at radius 1 is 0.971 bits per heavy atom. The van der Waals surface area contributed by atoms with E-state index in [4.69, 9.17) is 4.74 Å². The van der Waals surface area contributed by atoms with Crippen molar-refractivity contribution < 1.29 is 14.3 Å². The normalized spacial score (nSPS) is 18.6. The smallest absolute Gasteiger partial charge is 0.273 e. The second-order valence-electron chi connectivity index (χ2n) is 9.13. The van der Waals surface area contributed by atoms with Crippen LogP contribution in [0.15, 0.2) is 30.3 Å². The van der Waals surface area contributed by atoms with Gasteiger partial charge in [-0.3, -0.25) is 9.59 Å². The lowest BCUT2D eigenvalue weighted by Gasteiger charge is -2.42. The first kappa shape index (κ1) is 23.8. The number of benzene rings is 1. The monoisotopic (exact) mass is 466 g/mol. The summed E-state index contributed by atoms with van der Waals surface area (Å²) in [5, 5.41) is 0. The molecule has 2 amide bonds. The van der Waals surface area contributed by atoms with Crippen molar-refractivity contribution in [3.05, 3.63) is 41.7 Å². The second-order valence-corrected chi connectivity index (χ2v) is 9.13. The largest absolute Gasteiger partial charge is 0.497 e. The Bertz CT molecular complexity index is 1020.